The van der Waals surface area contributed by atoms with Crippen molar-refractivity contribution in [2.24, 2.45) is 0 Å². The van der Waals surface area contributed by atoms with Gasteiger partial charge in [-0.15, -0.1) is 0 Å². The quantitative estimate of drug-likeness (QED) is 0.790. The van der Waals surface area contributed by atoms with Gasteiger partial charge < -0.3 is 9.67 Å². The predicted octanol–water partition coefficient (Wildman–Crippen LogP) is 3.81. The van der Waals surface area contributed by atoms with Gasteiger partial charge >= 0.3 is 5.97 Å². The monoisotopic (exact) mass is 280 g/mol. The van der Waals surface area contributed by atoms with E-state index >= 15 is 0 Å². The number of para-hydroxylation sites is 2. The van der Waals surface area contributed by atoms with E-state index in [1.54, 1.807) is 18.2 Å². The summed E-state index contributed by atoms with van der Waals surface area (Å²) in [7, 11) is 0. The Balaban J connectivity index is 2.21. The number of carboxylic acid groups (broad SMARTS) is 1. The van der Waals surface area contributed by atoms with Gasteiger partial charge in [-0.1, -0.05) is 31.2 Å². The molecule has 0 spiro atoms. The van der Waals surface area contributed by atoms with Gasteiger partial charge in [0.05, 0.1) is 16.6 Å². The van der Waals surface area contributed by atoms with Crippen molar-refractivity contribution in [3.05, 3.63) is 54.1 Å². The molecule has 2 aromatic carbocycles. The van der Waals surface area contributed by atoms with Crippen LogP contribution in [0.2, 0.25) is 0 Å². The van der Waals surface area contributed by atoms with E-state index in [-0.39, 0.29) is 5.56 Å². The van der Waals surface area contributed by atoms with E-state index in [1.165, 1.54) is 0 Å². The van der Waals surface area contributed by atoms with Crippen molar-refractivity contribution < 1.29 is 9.90 Å². The maximum atomic E-state index is 11.1. The number of carbonyl (C=O) groups is 1. The third kappa shape index (κ3) is 2.40. The fourth-order valence-electron chi connectivity index (χ4n) is 2.54. The van der Waals surface area contributed by atoms with Gasteiger partial charge in [0.1, 0.15) is 5.82 Å². The molecule has 0 saturated heterocycles. The molecule has 4 heteroatoms. The summed E-state index contributed by atoms with van der Waals surface area (Å²) in [4.78, 5) is 15.8. The summed E-state index contributed by atoms with van der Waals surface area (Å²) in [6.45, 7) is 2.97. The molecule has 4 nitrogen and oxygen atoms in total. The Morgan fingerprint density at radius 3 is 2.76 bits per heavy atom. The van der Waals surface area contributed by atoms with Crippen LogP contribution in [0, 0.1) is 0 Å². The molecule has 0 aliphatic heterocycles. The SMILES string of the molecule is CCCn1c(-c2cccc(C(=O)O)c2)nc2ccccc21. The summed E-state index contributed by atoms with van der Waals surface area (Å²) in [6.07, 6.45) is 0.992. The van der Waals surface area contributed by atoms with Crippen molar-refractivity contribution in [3.63, 3.8) is 0 Å². The van der Waals surface area contributed by atoms with Gasteiger partial charge in [-0.25, -0.2) is 9.78 Å². The first kappa shape index (κ1) is 13.4. The van der Waals surface area contributed by atoms with Gasteiger partial charge in [0.25, 0.3) is 0 Å². The van der Waals surface area contributed by atoms with Crippen LogP contribution in [0.4, 0.5) is 0 Å². The molecule has 106 valence electrons. The molecule has 3 rings (SSSR count). The van der Waals surface area contributed by atoms with Crippen molar-refractivity contribution in [1.29, 1.82) is 0 Å². The van der Waals surface area contributed by atoms with Crippen LogP contribution in [0.3, 0.4) is 0 Å². The predicted molar refractivity (Wildman–Crippen MR) is 82.4 cm³/mol. The Labute approximate surface area is 122 Å². The lowest BCUT2D eigenvalue weighted by Crippen LogP contribution is -2.01. The Hall–Kier alpha value is -2.62. The number of aryl methyl sites for hydroxylation is 1. The van der Waals surface area contributed by atoms with Crippen LogP contribution in [-0.4, -0.2) is 20.6 Å². The van der Waals surface area contributed by atoms with Crippen molar-refractivity contribution in [2.45, 2.75) is 19.9 Å². The van der Waals surface area contributed by atoms with Gasteiger partial charge in [-0.2, -0.15) is 0 Å². The van der Waals surface area contributed by atoms with Crippen LogP contribution < -0.4 is 0 Å². The van der Waals surface area contributed by atoms with Crippen LogP contribution in [0.1, 0.15) is 23.7 Å². The number of benzene rings is 2. The molecule has 0 saturated carbocycles. The maximum Gasteiger partial charge on any atom is 0.335 e. The molecule has 0 fully saturated rings. The zero-order chi connectivity index (χ0) is 14.8. The van der Waals surface area contributed by atoms with Crippen molar-refractivity contribution in [3.8, 4) is 11.4 Å². The van der Waals surface area contributed by atoms with Crippen molar-refractivity contribution >= 4 is 17.0 Å². The van der Waals surface area contributed by atoms with E-state index in [0.29, 0.717) is 0 Å². The number of nitrogens with zero attached hydrogens (tertiary/aromatic N) is 2. The summed E-state index contributed by atoms with van der Waals surface area (Å²) in [6, 6.07) is 14.9. The normalized spacial score (nSPS) is 10.9. The average molecular weight is 280 g/mol. The molecule has 3 aromatic rings. The zero-order valence-electron chi connectivity index (χ0n) is 11.8. The largest absolute Gasteiger partial charge is 0.478 e. The molecule has 0 amide bonds. The highest BCUT2D eigenvalue weighted by Crippen LogP contribution is 2.25. The van der Waals surface area contributed by atoms with Gasteiger partial charge in [0.2, 0.25) is 0 Å². The van der Waals surface area contributed by atoms with E-state index in [0.717, 1.165) is 35.4 Å². The molecule has 1 N–H and O–H groups in total. The van der Waals surface area contributed by atoms with Gasteiger partial charge in [0.15, 0.2) is 0 Å². The van der Waals surface area contributed by atoms with Gasteiger partial charge in [-0.3, -0.25) is 0 Å². The maximum absolute atomic E-state index is 11.1. The third-order valence-corrected chi connectivity index (χ3v) is 3.47. The molecular weight excluding hydrogens is 264 g/mol. The minimum absolute atomic E-state index is 0.280. The van der Waals surface area contributed by atoms with Crippen LogP contribution in [-0.2, 0) is 6.54 Å². The number of imidazole rings is 1. The minimum Gasteiger partial charge on any atom is -0.478 e. The molecule has 0 unspecified atom stereocenters. The molecule has 0 atom stereocenters. The molecule has 0 aliphatic carbocycles. The van der Waals surface area contributed by atoms with Crippen molar-refractivity contribution in [1.82, 2.24) is 9.55 Å². The van der Waals surface area contributed by atoms with Crippen molar-refractivity contribution in [2.75, 3.05) is 0 Å². The number of carboxylic acids is 1. The minimum atomic E-state index is -0.921. The van der Waals surface area contributed by atoms with E-state index in [2.05, 4.69) is 16.5 Å². The molecule has 0 radical (unpaired) electrons. The van der Waals surface area contributed by atoms with Gasteiger partial charge in [0, 0.05) is 12.1 Å². The van der Waals surface area contributed by atoms with E-state index in [9.17, 15) is 4.79 Å². The Morgan fingerprint density at radius 1 is 1.19 bits per heavy atom. The molecular formula is C17H16N2O2. The lowest BCUT2D eigenvalue weighted by Gasteiger charge is -2.08. The highest BCUT2D eigenvalue weighted by Gasteiger charge is 2.13. The highest BCUT2D eigenvalue weighted by molar-refractivity contribution is 5.89. The van der Waals surface area contributed by atoms with Gasteiger partial charge in [-0.05, 0) is 30.7 Å². The summed E-state index contributed by atoms with van der Waals surface area (Å²) in [5.74, 6) is -0.101. The lowest BCUT2D eigenvalue weighted by molar-refractivity contribution is 0.0697. The van der Waals surface area contributed by atoms with E-state index in [1.807, 2.05) is 30.3 Å². The molecule has 21 heavy (non-hydrogen) atoms. The number of hydrogen-bond donors (Lipinski definition) is 1. The zero-order valence-corrected chi connectivity index (χ0v) is 11.8. The smallest absolute Gasteiger partial charge is 0.335 e. The Morgan fingerprint density at radius 2 is 2.00 bits per heavy atom. The topological polar surface area (TPSA) is 55.1 Å². The lowest BCUT2D eigenvalue weighted by atomic mass is 10.1. The number of aromatic carboxylic acids is 1. The molecule has 0 aliphatic rings. The molecule has 1 heterocycles. The first-order valence-corrected chi connectivity index (χ1v) is 6.99. The number of fused-ring (bicyclic) bond motifs is 1. The number of rotatable bonds is 4. The summed E-state index contributed by atoms with van der Waals surface area (Å²) in [5.41, 5.74) is 3.12. The van der Waals surface area contributed by atoms with Crippen LogP contribution in [0.15, 0.2) is 48.5 Å². The highest BCUT2D eigenvalue weighted by atomic mass is 16.4. The first-order chi connectivity index (χ1) is 10.2. The third-order valence-electron chi connectivity index (χ3n) is 3.47. The van der Waals surface area contributed by atoms with Crippen LogP contribution in [0.25, 0.3) is 22.4 Å². The first-order valence-electron chi connectivity index (χ1n) is 6.99. The van der Waals surface area contributed by atoms with Crippen LogP contribution in [0.5, 0.6) is 0 Å². The standard InChI is InChI=1S/C17H16N2O2/c1-2-10-19-15-9-4-3-8-14(15)18-16(19)12-6-5-7-13(11-12)17(20)21/h3-9,11H,2,10H2,1H3,(H,20,21). The molecule has 1 aromatic heterocycles. The average Bonchev–Trinajstić information content (AvgIpc) is 2.87. The summed E-state index contributed by atoms with van der Waals surface area (Å²) >= 11 is 0. The number of hydrogen-bond acceptors (Lipinski definition) is 2. The molecule has 0 bridgehead atoms. The van der Waals surface area contributed by atoms with Crippen LogP contribution >= 0.6 is 0 Å². The second-order valence-corrected chi connectivity index (χ2v) is 4.96. The second-order valence-electron chi connectivity index (χ2n) is 4.96. The van der Waals surface area contributed by atoms with E-state index in [4.69, 9.17) is 5.11 Å². The number of aromatic nitrogens is 2. The Bertz CT molecular complexity index is 805. The fraction of sp³-hybridized carbons (Fsp3) is 0.176. The van der Waals surface area contributed by atoms with E-state index < -0.39 is 5.97 Å². The Kier molecular flexibility index (Phi) is 3.44. The summed E-state index contributed by atoms with van der Waals surface area (Å²) in [5, 5.41) is 9.14. The second kappa shape index (κ2) is 5.40. The fourth-order valence-corrected chi connectivity index (χ4v) is 2.54. The summed E-state index contributed by atoms with van der Waals surface area (Å²) < 4.78 is 2.15.